The summed E-state index contributed by atoms with van der Waals surface area (Å²) >= 11 is 0. The summed E-state index contributed by atoms with van der Waals surface area (Å²) in [5.74, 6) is -0.179. The lowest BCUT2D eigenvalue weighted by Gasteiger charge is -2.35. The van der Waals surface area contributed by atoms with Gasteiger partial charge < -0.3 is 10.6 Å². The highest BCUT2D eigenvalue weighted by Gasteiger charge is 2.20. The van der Waals surface area contributed by atoms with Crippen LogP contribution in [0.3, 0.4) is 0 Å². The molecule has 0 heterocycles. The Morgan fingerprint density at radius 3 is 2.56 bits per heavy atom. The molecule has 0 atom stereocenters. The van der Waals surface area contributed by atoms with Gasteiger partial charge in [0.05, 0.1) is 0 Å². The molecule has 0 spiro atoms. The Morgan fingerprint density at radius 2 is 1.94 bits per heavy atom. The third kappa shape index (κ3) is 3.02. The second-order valence-corrected chi connectivity index (χ2v) is 5.10. The highest BCUT2D eigenvalue weighted by molar-refractivity contribution is 5.50. The summed E-state index contributed by atoms with van der Waals surface area (Å²) in [6, 6.07) is 5.76. The number of benzene rings is 1. The minimum atomic E-state index is -0.179. The van der Waals surface area contributed by atoms with Crippen molar-refractivity contribution in [3.8, 4) is 0 Å². The summed E-state index contributed by atoms with van der Waals surface area (Å²) in [7, 11) is 0. The van der Waals surface area contributed by atoms with Gasteiger partial charge in [-0.2, -0.15) is 0 Å². The molecular weight excluding hydrogens is 227 g/mol. The quantitative estimate of drug-likeness (QED) is 0.887. The smallest absolute Gasteiger partial charge is 0.125 e. The fourth-order valence-electron chi connectivity index (χ4n) is 2.96. The van der Waals surface area contributed by atoms with Gasteiger partial charge in [0.1, 0.15) is 5.82 Å². The van der Waals surface area contributed by atoms with Crippen LogP contribution in [0.2, 0.25) is 0 Å². The van der Waals surface area contributed by atoms with Crippen LogP contribution in [0.15, 0.2) is 18.2 Å². The van der Waals surface area contributed by atoms with Crippen LogP contribution in [0.25, 0.3) is 0 Å². The normalized spacial score (nSPS) is 16.8. The molecule has 2 nitrogen and oxygen atoms in total. The zero-order chi connectivity index (χ0) is 13.0. The minimum absolute atomic E-state index is 0.179. The average molecular weight is 250 g/mol. The Balaban J connectivity index is 2.22. The van der Waals surface area contributed by atoms with Gasteiger partial charge in [0.2, 0.25) is 0 Å². The largest absolute Gasteiger partial charge is 0.369 e. The molecule has 100 valence electrons. The van der Waals surface area contributed by atoms with Crippen molar-refractivity contribution in [1.82, 2.24) is 0 Å². The number of hydrogen-bond acceptors (Lipinski definition) is 2. The average Bonchev–Trinajstić information content (AvgIpc) is 2.40. The van der Waals surface area contributed by atoms with E-state index >= 15 is 0 Å². The van der Waals surface area contributed by atoms with E-state index in [0.717, 1.165) is 17.8 Å². The lowest BCUT2D eigenvalue weighted by Crippen LogP contribution is -2.36. The standard InChI is InChI=1S/C15H23FN2/c1-2-18(14-6-4-3-5-7-14)15-9-12(11-17)8-13(16)10-15/h8-10,14H,2-7,11,17H2,1H3. The fourth-order valence-corrected chi connectivity index (χ4v) is 2.96. The van der Waals surface area contributed by atoms with E-state index in [2.05, 4.69) is 11.8 Å². The van der Waals surface area contributed by atoms with Crippen LogP contribution in [0.1, 0.15) is 44.6 Å². The van der Waals surface area contributed by atoms with Gasteiger partial charge in [0.15, 0.2) is 0 Å². The summed E-state index contributed by atoms with van der Waals surface area (Å²) in [4.78, 5) is 2.33. The molecule has 1 aliphatic carbocycles. The first kappa shape index (κ1) is 13.3. The fraction of sp³-hybridized carbons (Fsp3) is 0.600. The summed E-state index contributed by atoms with van der Waals surface area (Å²) in [6.07, 6.45) is 6.37. The lowest BCUT2D eigenvalue weighted by molar-refractivity contribution is 0.417. The van der Waals surface area contributed by atoms with Gasteiger partial charge in [-0.3, -0.25) is 0 Å². The number of hydrogen-bond donors (Lipinski definition) is 1. The van der Waals surface area contributed by atoms with Crippen molar-refractivity contribution in [2.24, 2.45) is 5.73 Å². The molecule has 0 bridgehead atoms. The van der Waals surface area contributed by atoms with Crippen LogP contribution in [0, 0.1) is 5.82 Å². The second kappa shape index (κ2) is 6.19. The Labute approximate surface area is 109 Å². The Kier molecular flexibility index (Phi) is 4.59. The zero-order valence-electron chi connectivity index (χ0n) is 11.2. The van der Waals surface area contributed by atoms with Crippen LogP contribution in [-0.4, -0.2) is 12.6 Å². The van der Waals surface area contributed by atoms with Crippen LogP contribution in [0.4, 0.5) is 10.1 Å². The molecule has 1 saturated carbocycles. The van der Waals surface area contributed by atoms with Gasteiger partial charge in [0.25, 0.3) is 0 Å². The molecule has 18 heavy (non-hydrogen) atoms. The summed E-state index contributed by atoms with van der Waals surface area (Å²) in [5.41, 5.74) is 7.49. The first-order chi connectivity index (χ1) is 8.74. The molecule has 0 radical (unpaired) electrons. The Bertz CT molecular complexity index is 386. The molecule has 3 heteroatoms. The SMILES string of the molecule is CCN(c1cc(F)cc(CN)c1)C1CCCCC1. The maximum absolute atomic E-state index is 13.6. The number of halogens is 1. The van der Waals surface area contributed by atoms with Crippen LogP contribution >= 0.6 is 0 Å². The molecule has 2 N–H and O–H groups in total. The molecule has 2 rings (SSSR count). The van der Waals surface area contributed by atoms with Gasteiger partial charge in [-0.25, -0.2) is 4.39 Å². The number of anilines is 1. The number of nitrogens with zero attached hydrogens (tertiary/aromatic N) is 1. The van der Waals surface area contributed by atoms with Crippen LogP contribution < -0.4 is 10.6 Å². The second-order valence-electron chi connectivity index (χ2n) is 5.10. The van der Waals surface area contributed by atoms with Gasteiger partial charge in [0, 0.05) is 24.8 Å². The highest BCUT2D eigenvalue weighted by Crippen LogP contribution is 2.28. The van der Waals surface area contributed by atoms with Gasteiger partial charge in [-0.15, -0.1) is 0 Å². The van der Waals surface area contributed by atoms with Crippen LogP contribution in [-0.2, 0) is 6.54 Å². The van der Waals surface area contributed by atoms with Gasteiger partial charge in [-0.05, 0) is 43.5 Å². The first-order valence-corrected chi connectivity index (χ1v) is 7.00. The Hall–Kier alpha value is -1.09. The van der Waals surface area contributed by atoms with E-state index in [1.807, 2.05) is 6.07 Å². The van der Waals surface area contributed by atoms with E-state index in [0.29, 0.717) is 12.6 Å². The summed E-state index contributed by atoms with van der Waals surface area (Å²) < 4.78 is 13.6. The predicted molar refractivity (Wildman–Crippen MR) is 74.2 cm³/mol. The third-order valence-electron chi connectivity index (χ3n) is 3.87. The van der Waals surface area contributed by atoms with E-state index in [9.17, 15) is 4.39 Å². The molecular formula is C15H23FN2. The van der Waals surface area contributed by atoms with E-state index < -0.39 is 0 Å². The van der Waals surface area contributed by atoms with Crippen molar-refractivity contribution >= 4 is 5.69 Å². The van der Waals surface area contributed by atoms with E-state index in [4.69, 9.17) is 5.73 Å². The summed E-state index contributed by atoms with van der Waals surface area (Å²) in [5, 5.41) is 0. The summed E-state index contributed by atoms with van der Waals surface area (Å²) in [6.45, 7) is 3.47. The lowest BCUT2D eigenvalue weighted by atomic mass is 9.93. The van der Waals surface area contributed by atoms with E-state index in [1.54, 1.807) is 6.07 Å². The monoisotopic (exact) mass is 250 g/mol. The van der Waals surface area contributed by atoms with Crippen molar-refractivity contribution < 1.29 is 4.39 Å². The third-order valence-corrected chi connectivity index (χ3v) is 3.87. The zero-order valence-corrected chi connectivity index (χ0v) is 11.2. The van der Waals surface area contributed by atoms with Crippen molar-refractivity contribution in [2.75, 3.05) is 11.4 Å². The first-order valence-electron chi connectivity index (χ1n) is 7.00. The molecule has 1 aromatic rings. The van der Waals surface area contributed by atoms with Crippen molar-refractivity contribution in [3.05, 3.63) is 29.6 Å². The highest BCUT2D eigenvalue weighted by atomic mass is 19.1. The molecule has 0 amide bonds. The molecule has 0 unspecified atom stereocenters. The van der Waals surface area contributed by atoms with Crippen molar-refractivity contribution in [1.29, 1.82) is 0 Å². The number of rotatable bonds is 4. The minimum Gasteiger partial charge on any atom is -0.369 e. The predicted octanol–water partition coefficient (Wildman–Crippen LogP) is 3.44. The molecule has 1 aliphatic rings. The van der Waals surface area contributed by atoms with Crippen molar-refractivity contribution in [3.63, 3.8) is 0 Å². The van der Waals surface area contributed by atoms with Crippen molar-refractivity contribution in [2.45, 2.75) is 51.6 Å². The van der Waals surface area contributed by atoms with E-state index in [1.165, 1.54) is 38.2 Å². The van der Waals surface area contributed by atoms with E-state index in [-0.39, 0.29) is 5.82 Å². The molecule has 0 saturated heterocycles. The number of nitrogens with two attached hydrogens (primary N) is 1. The molecule has 1 fully saturated rings. The molecule has 0 aromatic heterocycles. The topological polar surface area (TPSA) is 29.3 Å². The molecule has 1 aromatic carbocycles. The maximum Gasteiger partial charge on any atom is 0.125 e. The Morgan fingerprint density at radius 1 is 1.22 bits per heavy atom. The molecule has 0 aliphatic heterocycles. The van der Waals surface area contributed by atoms with Gasteiger partial charge >= 0.3 is 0 Å². The maximum atomic E-state index is 13.6. The van der Waals surface area contributed by atoms with Crippen LogP contribution in [0.5, 0.6) is 0 Å². The van der Waals surface area contributed by atoms with Gasteiger partial charge in [-0.1, -0.05) is 19.3 Å².